The zero-order valence-corrected chi connectivity index (χ0v) is 9.95. The maximum Gasteiger partial charge on any atom is 0.252 e. The van der Waals surface area contributed by atoms with Crippen molar-refractivity contribution in [1.82, 2.24) is 9.97 Å². The van der Waals surface area contributed by atoms with Gasteiger partial charge in [0.25, 0.3) is 5.56 Å². The fraction of sp³-hybridized carbons (Fsp3) is 0.231. The monoisotopic (exact) mass is 229 g/mol. The highest BCUT2D eigenvalue weighted by Crippen LogP contribution is 2.23. The van der Waals surface area contributed by atoms with E-state index in [2.05, 4.69) is 28.3 Å². The number of aromatic amines is 1. The number of H-pyrrole nitrogens is 1. The Morgan fingerprint density at radius 3 is 2.88 bits per heavy atom. The van der Waals surface area contributed by atoms with Gasteiger partial charge < -0.3 is 5.32 Å². The van der Waals surface area contributed by atoms with Crippen LogP contribution in [-0.2, 0) is 6.42 Å². The van der Waals surface area contributed by atoms with Crippen LogP contribution in [0.3, 0.4) is 0 Å². The Morgan fingerprint density at radius 1 is 1.35 bits per heavy atom. The van der Waals surface area contributed by atoms with Crippen LogP contribution in [0.25, 0.3) is 0 Å². The molecule has 4 nitrogen and oxygen atoms in total. The summed E-state index contributed by atoms with van der Waals surface area (Å²) in [5.41, 5.74) is 3.20. The Balaban J connectivity index is 2.39. The van der Waals surface area contributed by atoms with Crippen LogP contribution in [0.2, 0.25) is 0 Å². The van der Waals surface area contributed by atoms with E-state index >= 15 is 0 Å². The number of benzene rings is 1. The first-order chi connectivity index (χ1) is 8.20. The Bertz CT molecular complexity index is 575. The van der Waals surface area contributed by atoms with Gasteiger partial charge in [0.15, 0.2) is 0 Å². The summed E-state index contributed by atoms with van der Waals surface area (Å²) in [6.07, 6.45) is 2.42. The molecule has 2 aromatic rings. The molecule has 0 saturated carbocycles. The van der Waals surface area contributed by atoms with Crippen LogP contribution in [-0.4, -0.2) is 9.97 Å². The number of para-hydroxylation sites is 1. The summed E-state index contributed by atoms with van der Waals surface area (Å²) >= 11 is 0. The number of hydrogen-bond acceptors (Lipinski definition) is 3. The average molecular weight is 229 g/mol. The van der Waals surface area contributed by atoms with Crippen LogP contribution in [0, 0.1) is 6.92 Å². The van der Waals surface area contributed by atoms with Crippen molar-refractivity contribution in [1.29, 1.82) is 0 Å². The molecular weight excluding hydrogens is 214 g/mol. The van der Waals surface area contributed by atoms with Crippen molar-refractivity contribution < 1.29 is 0 Å². The summed E-state index contributed by atoms with van der Waals surface area (Å²) in [6.45, 7) is 4.13. The number of aryl methyl sites for hydroxylation is 2. The lowest BCUT2D eigenvalue weighted by atomic mass is 10.1. The first kappa shape index (κ1) is 11.4. The van der Waals surface area contributed by atoms with Crippen LogP contribution in [0.4, 0.5) is 11.6 Å². The molecule has 0 saturated heterocycles. The molecule has 2 rings (SSSR count). The predicted molar refractivity (Wildman–Crippen MR) is 68.7 cm³/mol. The average Bonchev–Trinajstić information content (AvgIpc) is 2.32. The second kappa shape index (κ2) is 4.82. The molecule has 1 aromatic carbocycles. The lowest BCUT2D eigenvalue weighted by Crippen LogP contribution is -2.09. The molecule has 0 radical (unpaired) electrons. The Kier molecular flexibility index (Phi) is 3.23. The van der Waals surface area contributed by atoms with Crippen LogP contribution >= 0.6 is 0 Å². The van der Waals surface area contributed by atoms with E-state index in [4.69, 9.17) is 0 Å². The summed E-state index contributed by atoms with van der Waals surface area (Å²) < 4.78 is 0. The van der Waals surface area contributed by atoms with Crippen molar-refractivity contribution in [2.24, 2.45) is 0 Å². The minimum absolute atomic E-state index is 0.158. The predicted octanol–water partition coefficient (Wildman–Crippen LogP) is 2.38. The second-order valence-corrected chi connectivity index (χ2v) is 3.87. The highest BCUT2D eigenvalue weighted by molar-refractivity contribution is 5.62. The largest absolute Gasteiger partial charge is 0.325 e. The summed E-state index contributed by atoms with van der Waals surface area (Å²) in [7, 11) is 0. The van der Waals surface area contributed by atoms with E-state index in [-0.39, 0.29) is 5.56 Å². The van der Waals surface area contributed by atoms with Crippen LogP contribution in [0.1, 0.15) is 18.1 Å². The van der Waals surface area contributed by atoms with Gasteiger partial charge in [-0.3, -0.25) is 9.78 Å². The molecule has 4 heteroatoms. The maximum atomic E-state index is 11.2. The highest BCUT2D eigenvalue weighted by Gasteiger charge is 2.05. The van der Waals surface area contributed by atoms with E-state index < -0.39 is 0 Å². The molecule has 0 aliphatic rings. The normalized spacial score (nSPS) is 10.2. The second-order valence-electron chi connectivity index (χ2n) is 3.87. The number of hydrogen-bond donors (Lipinski definition) is 2. The van der Waals surface area contributed by atoms with Crippen LogP contribution < -0.4 is 10.9 Å². The van der Waals surface area contributed by atoms with E-state index in [9.17, 15) is 4.79 Å². The molecule has 0 fully saturated rings. The lowest BCUT2D eigenvalue weighted by molar-refractivity contribution is 1.09. The van der Waals surface area contributed by atoms with Gasteiger partial charge in [-0.15, -0.1) is 0 Å². The quantitative estimate of drug-likeness (QED) is 0.849. The third-order valence-electron chi connectivity index (χ3n) is 2.65. The fourth-order valence-electron chi connectivity index (χ4n) is 1.75. The minimum atomic E-state index is -0.158. The van der Waals surface area contributed by atoms with Crippen LogP contribution in [0.5, 0.6) is 0 Å². The van der Waals surface area contributed by atoms with Gasteiger partial charge in [0.2, 0.25) is 5.95 Å². The molecule has 0 spiro atoms. The van der Waals surface area contributed by atoms with Crippen molar-refractivity contribution in [3.05, 3.63) is 51.9 Å². The number of anilines is 2. The number of rotatable bonds is 3. The molecule has 2 N–H and O–H groups in total. The van der Waals surface area contributed by atoms with Crippen molar-refractivity contribution in [2.75, 3.05) is 5.32 Å². The molecule has 0 unspecified atom stereocenters. The summed E-state index contributed by atoms with van der Waals surface area (Å²) in [4.78, 5) is 17.9. The van der Waals surface area contributed by atoms with E-state index in [1.54, 1.807) is 0 Å². The molecule has 17 heavy (non-hydrogen) atoms. The molecule has 1 heterocycles. The van der Waals surface area contributed by atoms with Crippen LogP contribution in [0.15, 0.2) is 35.3 Å². The van der Waals surface area contributed by atoms with E-state index in [0.717, 1.165) is 17.7 Å². The Labute approximate surface area is 99.7 Å². The van der Waals surface area contributed by atoms with Gasteiger partial charge in [-0.1, -0.05) is 25.1 Å². The molecule has 0 aliphatic heterocycles. The summed E-state index contributed by atoms with van der Waals surface area (Å²) in [6, 6.07) is 7.52. The third kappa shape index (κ3) is 2.53. The van der Waals surface area contributed by atoms with Crippen molar-refractivity contribution in [3.8, 4) is 0 Å². The number of nitrogens with one attached hydrogen (secondary N) is 2. The van der Waals surface area contributed by atoms with Crippen molar-refractivity contribution >= 4 is 11.6 Å². The van der Waals surface area contributed by atoms with Gasteiger partial charge in [-0.2, -0.15) is 0 Å². The Morgan fingerprint density at radius 2 is 2.18 bits per heavy atom. The zero-order valence-electron chi connectivity index (χ0n) is 9.95. The molecule has 88 valence electrons. The van der Waals surface area contributed by atoms with Gasteiger partial charge in [-0.25, -0.2) is 4.98 Å². The van der Waals surface area contributed by atoms with Gasteiger partial charge in [0.1, 0.15) is 0 Å². The first-order valence-electron chi connectivity index (χ1n) is 5.61. The van der Waals surface area contributed by atoms with Crippen molar-refractivity contribution in [3.63, 3.8) is 0 Å². The number of nitrogens with zero attached hydrogens (tertiary/aromatic N) is 1. The highest BCUT2D eigenvalue weighted by atomic mass is 16.1. The van der Waals surface area contributed by atoms with Gasteiger partial charge in [0.05, 0.1) is 0 Å². The van der Waals surface area contributed by atoms with Gasteiger partial charge >= 0.3 is 0 Å². The molecule has 0 aliphatic carbocycles. The molecule has 0 atom stereocenters. The van der Waals surface area contributed by atoms with E-state index in [0.29, 0.717) is 5.95 Å². The van der Waals surface area contributed by atoms with Gasteiger partial charge in [-0.05, 0) is 24.5 Å². The van der Waals surface area contributed by atoms with E-state index in [1.165, 1.54) is 17.8 Å². The summed E-state index contributed by atoms with van der Waals surface area (Å²) in [5.74, 6) is 0.474. The SMILES string of the molecule is CCc1cccc(C)c1Nc1nccc(=O)[nH]1. The van der Waals surface area contributed by atoms with Crippen molar-refractivity contribution in [2.45, 2.75) is 20.3 Å². The molecule has 0 bridgehead atoms. The maximum absolute atomic E-state index is 11.2. The molecule has 0 amide bonds. The smallest absolute Gasteiger partial charge is 0.252 e. The van der Waals surface area contributed by atoms with Gasteiger partial charge in [0, 0.05) is 18.0 Å². The zero-order chi connectivity index (χ0) is 12.3. The topological polar surface area (TPSA) is 57.8 Å². The third-order valence-corrected chi connectivity index (χ3v) is 2.65. The van der Waals surface area contributed by atoms with E-state index in [1.807, 2.05) is 19.1 Å². The molecule has 1 aromatic heterocycles. The standard InChI is InChI=1S/C13H15N3O/c1-3-10-6-4-5-9(2)12(10)16-13-14-8-7-11(17)15-13/h4-8H,3H2,1-2H3,(H2,14,15,16,17). The number of aromatic nitrogens is 2. The minimum Gasteiger partial charge on any atom is -0.325 e. The lowest BCUT2D eigenvalue weighted by Gasteiger charge is -2.12. The fourth-order valence-corrected chi connectivity index (χ4v) is 1.75. The first-order valence-corrected chi connectivity index (χ1v) is 5.61. The summed E-state index contributed by atoms with van der Waals surface area (Å²) in [5, 5.41) is 3.17. The Hall–Kier alpha value is -2.10. The molecular formula is C13H15N3O.